The minimum Gasteiger partial charge on any atom is -0.454 e. The maximum Gasteiger partial charge on any atom is 0.343 e. The molecular weight excluding hydrogens is 403 g/mol. The summed E-state index contributed by atoms with van der Waals surface area (Å²) < 4.78 is 35.7. The zero-order valence-electron chi connectivity index (χ0n) is 16.3. The van der Waals surface area contributed by atoms with Gasteiger partial charge in [0, 0.05) is 11.1 Å². The van der Waals surface area contributed by atoms with Gasteiger partial charge < -0.3 is 18.9 Å². The molecule has 0 bridgehead atoms. The number of rotatable bonds is 3. The number of hydrogen-bond donors (Lipinski definition) is 0. The topological polar surface area (TPSA) is 71.1 Å². The third-order valence-electron chi connectivity index (χ3n) is 5.04. The molecule has 2 heterocycles. The molecule has 0 amide bonds. The zero-order valence-corrected chi connectivity index (χ0v) is 16.3. The highest BCUT2D eigenvalue weighted by Crippen LogP contribution is 2.40. The van der Waals surface area contributed by atoms with Crippen molar-refractivity contribution in [2.75, 3.05) is 6.79 Å². The van der Waals surface area contributed by atoms with Crippen LogP contribution in [0.5, 0.6) is 23.0 Å². The van der Waals surface area contributed by atoms with Crippen LogP contribution >= 0.6 is 0 Å². The molecule has 3 aromatic carbocycles. The van der Waals surface area contributed by atoms with Crippen LogP contribution in [0.2, 0.25) is 0 Å². The molecule has 0 N–H and O–H groups in total. The van der Waals surface area contributed by atoms with Crippen molar-refractivity contribution in [3.8, 4) is 23.0 Å². The van der Waals surface area contributed by atoms with Gasteiger partial charge in [-0.25, -0.2) is 9.18 Å². The summed E-state index contributed by atoms with van der Waals surface area (Å²) in [6, 6.07) is 13.9. The molecule has 0 aromatic heterocycles. The molecule has 0 saturated carbocycles. The first-order valence-electron chi connectivity index (χ1n) is 9.45. The van der Waals surface area contributed by atoms with E-state index in [1.807, 2.05) is 0 Å². The average molecular weight is 418 g/mol. The third-order valence-corrected chi connectivity index (χ3v) is 5.04. The predicted octanol–water partition coefficient (Wildman–Crippen LogP) is 4.70. The number of ketones is 1. The second-order valence-electron chi connectivity index (χ2n) is 6.98. The van der Waals surface area contributed by atoms with Gasteiger partial charge >= 0.3 is 5.97 Å². The second kappa shape index (κ2) is 7.28. The standard InChI is InChI=1S/C24H15FO6/c1-13-18(31-24(27)15-6-8-19-20(11-15)29-12-28-19)9-7-16-22(26)21(30-23(13)16)10-14-4-2-3-5-17(14)25/h2-11H,12H2,1H3/b21-10-. The number of allylic oxidation sites excluding steroid dienone is 1. The van der Waals surface area contributed by atoms with Crippen molar-refractivity contribution in [3.63, 3.8) is 0 Å². The van der Waals surface area contributed by atoms with Crippen molar-refractivity contribution in [3.05, 3.63) is 88.4 Å². The fourth-order valence-corrected chi connectivity index (χ4v) is 3.39. The van der Waals surface area contributed by atoms with E-state index in [1.165, 1.54) is 24.3 Å². The highest BCUT2D eigenvalue weighted by atomic mass is 19.1. The summed E-state index contributed by atoms with van der Waals surface area (Å²) in [6.45, 7) is 1.78. The molecule has 0 radical (unpaired) electrons. The normalized spacial score (nSPS) is 15.0. The average Bonchev–Trinajstić information content (AvgIpc) is 3.36. The molecule has 2 aliphatic rings. The summed E-state index contributed by atoms with van der Waals surface area (Å²) in [4.78, 5) is 25.3. The Balaban J connectivity index is 1.41. The van der Waals surface area contributed by atoms with Gasteiger partial charge in [0.05, 0.1) is 11.1 Å². The lowest BCUT2D eigenvalue weighted by molar-refractivity contribution is 0.0732. The largest absolute Gasteiger partial charge is 0.454 e. The van der Waals surface area contributed by atoms with Crippen LogP contribution in [0.3, 0.4) is 0 Å². The minimum absolute atomic E-state index is 0.00227. The fourth-order valence-electron chi connectivity index (χ4n) is 3.39. The Morgan fingerprint density at radius 1 is 1.06 bits per heavy atom. The number of carbonyl (C=O) groups is 2. The first-order chi connectivity index (χ1) is 15.0. The van der Waals surface area contributed by atoms with Crippen molar-refractivity contribution < 1.29 is 32.9 Å². The summed E-state index contributed by atoms with van der Waals surface area (Å²) in [5, 5.41) is 0. The number of ether oxygens (including phenoxy) is 4. The molecule has 0 fully saturated rings. The van der Waals surface area contributed by atoms with Crippen LogP contribution in [-0.2, 0) is 0 Å². The van der Waals surface area contributed by atoms with Gasteiger partial charge in [-0.05, 0) is 49.4 Å². The summed E-state index contributed by atoms with van der Waals surface area (Å²) in [5.74, 6) is 0.149. The van der Waals surface area contributed by atoms with E-state index in [0.717, 1.165) is 0 Å². The molecule has 0 unspecified atom stereocenters. The van der Waals surface area contributed by atoms with E-state index in [4.69, 9.17) is 18.9 Å². The Morgan fingerprint density at radius 2 is 1.87 bits per heavy atom. The summed E-state index contributed by atoms with van der Waals surface area (Å²) in [5.41, 5.74) is 1.34. The Bertz CT molecular complexity index is 1280. The van der Waals surface area contributed by atoms with E-state index in [-0.39, 0.29) is 35.4 Å². The van der Waals surface area contributed by atoms with Crippen molar-refractivity contribution >= 4 is 17.8 Å². The van der Waals surface area contributed by atoms with Gasteiger partial charge in [-0.15, -0.1) is 0 Å². The quantitative estimate of drug-likeness (QED) is 0.349. The van der Waals surface area contributed by atoms with E-state index in [9.17, 15) is 14.0 Å². The zero-order chi connectivity index (χ0) is 21.5. The molecule has 0 atom stereocenters. The molecule has 3 aromatic rings. The highest BCUT2D eigenvalue weighted by molar-refractivity contribution is 6.15. The summed E-state index contributed by atoms with van der Waals surface area (Å²) in [7, 11) is 0. The smallest absolute Gasteiger partial charge is 0.343 e. The molecule has 0 spiro atoms. The fraction of sp³-hybridized carbons (Fsp3) is 0.0833. The van der Waals surface area contributed by atoms with Gasteiger partial charge in [0.1, 0.15) is 17.3 Å². The predicted molar refractivity (Wildman–Crippen MR) is 108 cm³/mol. The Labute approximate surface area is 176 Å². The van der Waals surface area contributed by atoms with Crippen molar-refractivity contribution in [2.45, 2.75) is 6.92 Å². The lowest BCUT2D eigenvalue weighted by Crippen LogP contribution is -2.09. The molecule has 5 rings (SSSR count). The van der Waals surface area contributed by atoms with Crippen molar-refractivity contribution in [2.24, 2.45) is 0 Å². The molecular formula is C24H15FO6. The molecule has 154 valence electrons. The van der Waals surface area contributed by atoms with Gasteiger partial charge in [0.2, 0.25) is 12.6 Å². The first-order valence-corrected chi connectivity index (χ1v) is 9.45. The SMILES string of the molecule is Cc1c(OC(=O)c2ccc3c(c2)OCO3)ccc2c1O/C(=C\c1ccccc1F)C2=O. The number of esters is 1. The molecule has 6 nitrogen and oxygen atoms in total. The molecule has 0 aliphatic carbocycles. The number of hydrogen-bond acceptors (Lipinski definition) is 6. The Morgan fingerprint density at radius 3 is 2.71 bits per heavy atom. The number of Topliss-reactive ketones (excluding diaryl/α,β-unsaturated/α-hetero) is 1. The number of benzene rings is 3. The van der Waals surface area contributed by atoms with Gasteiger partial charge in [0.25, 0.3) is 0 Å². The van der Waals surface area contributed by atoms with Crippen LogP contribution in [0.1, 0.15) is 31.8 Å². The van der Waals surface area contributed by atoms with Gasteiger partial charge in [0.15, 0.2) is 17.3 Å². The maximum atomic E-state index is 13.9. The molecule has 0 saturated heterocycles. The van der Waals surface area contributed by atoms with Gasteiger partial charge in [-0.2, -0.15) is 0 Å². The number of halogens is 1. The molecule has 2 aliphatic heterocycles. The van der Waals surface area contributed by atoms with Gasteiger partial charge in [-0.1, -0.05) is 18.2 Å². The summed E-state index contributed by atoms with van der Waals surface area (Å²) >= 11 is 0. The van der Waals surface area contributed by atoms with Crippen LogP contribution in [0.15, 0.2) is 60.4 Å². The highest BCUT2D eigenvalue weighted by Gasteiger charge is 2.31. The van der Waals surface area contributed by atoms with Crippen LogP contribution in [0, 0.1) is 12.7 Å². The third kappa shape index (κ3) is 3.30. The van der Waals surface area contributed by atoms with Crippen LogP contribution in [-0.4, -0.2) is 18.5 Å². The Hall–Kier alpha value is -4.13. The van der Waals surface area contributed by atoms with Crippen molar-refractivity contribution in [1.29, 1.82) is 0 Å². The van der Waals surface area contributed by atoms with Crippen molar-refractivity contribution in [1.82, 2.24) is 0 Å². The van der Waals surface area contributed by atoms with Crippen LogP contribution in [0.25, 0.3) is 6.08 Å². The molecule has 7 heteroatoms. The summed E-state index contributed by atoms with van der Waals surface area (Å²) in [6.07, 6.45) is 1.36. The lowest BCUT2D eigenvalue weighted by Gasteiger charge is -2.10. The Kier molecular flexibility index (Phi) is 4.43. The minimum atomic E-state index is -0.590. The van der Waals surface area contributed by atoms with E-state index in [1.54, 1.807) is 43.3 Å². The van der Waals surface area contributed by atoms with Crippen LogP contribution < -0.4 is 18.9 Å². The van der Waals surface area contributed by atoms with Gasteiger partial charge in [-0.3, -0.25) is 4.79 Å². The van der Waals surface area contributed by atoms with E-state index >= 15 is 0 Å². The van der Waals surface area contributed by atoms with E-state index < -0.39 is 11.8 Å². The monoisotopic (exact) mass is 418 g/mol. The van der Waals surface area contributed by atoms with Crippen LogP contribution in [0.4, 0.5) is 4.39 Å². The maximum absolute atomic E-state index is 13.9. The lowest BCUT2D eigenvalue weighted by atomic mass is 10.1. The second-order valence-corrected chi connectivity index (χ2v) is 6.98. The van der Waals surface area contributed by atoms with E-state index in [2.05, 4.69) is 0 Å². The number of carbonyl (C=O) groups excluding carboxylic acids is 2. The van der Waals surface area contributed by atoms with E-state index in [0.29, 0.717) is 28.2 Å². The number of fused-ring (bicyclic) bond motifs is 2. The molecule has 31 heavy (non-hydrogen) atoms. The first kappa shape index (κ1) is 18.9.